The van der Waals surface area contributed by atoms with E-state index in [2.05, 4.69) is 62.9 Å². The normalized spacial score (nSPS) is 17.4. The van der Waals surface area contributed by atoms with Gasteiger partial charge in [-0.3, -0.25) is 9.36 Å². The monoisotopic (exact) mass is 557 g/mol. The van der Waals surface area contributed by atoms with E-state index >= 15 is 0 Å². The summed E-state index contributed by atoms with van der Waals surface area (Å²) in [5.74, 6) is -0.0258. The average molecular weight is 558 g/mol. The molecule has 6 nitrogen and oxygen atoms in total. The third-order valence-electron chi connectivity index (χ3n) is 7.82. The van der Waals surface area contributed by atoms with Crippen LogP contribution in [0.5, 0.6) is 0 Å². The van der Waals surface area contributed by atoms with Crippen LogP contribution in [0.15, 0.2) is 63.5 Å². The zero-order valence-corrected chi connectivity index (χ0v) is 25.0. The second-order valence-electron chi connectivity index (χ2n) is 11.0. The SMILES string of the molecule is CCCC1=C(C(=O)OCC)[C@H](c2ccc(C(C)C)cc2)n2c(s/c(=C/c3ccc(N4CCCC4)cc3C)c2=O)=N1. The van der Waals surface area contributed by atoms with E-state index in [4.69, 9.17) is 9.73 Å². The molecular formula is C33H39N3O3S. The number of carbonyl (C=O) groups excluding carboxylic acids is 1. The number of carbonyl (C=O) groups is 1. The maximum Gasteiger partial charge on any atom is 0.338 e. The summed E-state index contributed by atoms with van der Waals surface area (Å²) in [6.45, 7) is 12.7. The Morgan fingerprint density at radius 2 is 1.85 bits per heavy atom. The summed E-state index contributed by atoms with van der Waals surface area (Å²) in [5, 5.41) is 0. The Balaban J connectivity index is 1.66. The summed E-state index contributed by atoms with van der Waals surface area (Å²) < 4.78 is 7.82. The molecule has 7 heteroatoms. The van der Waals surface area contributed by atoms with Crippen molar-refractivity contribution in [1.29, 1.82) is 0 Å². The minimum absolute atomic E-state index is 0.137. The lowest BCUT2D eigenvalue weighted by Gasteiger charge is -2.26. The van der Waals surface area contributed by atoms with Crippen LogP contribution in [-0.4, -0.2) is 30.2 Å². The van der Waals surface area contributed by atoms with Gasteiger partial charge >= 0.3 is 5.97 Å². The Hall–Kier alpha value is -3.45. The molecule has 0 spiro atoms. The molecule has 2 aromatic carbocycles. The van der Waals surface area contributed by atoms with Crippen LogP contribution in [0.4, 0.5) is 5.69 Å². The highest BCUT2D eigenvalue weighted by Gasteiger charge is 2.34. The van der Waals surface area contributed by atoms with Crippen molar-refractivity contribution < 1.29 is 9.53 Å². The zero-order valence-electron chi connectivity index (χ0n) is 24.2. The van der Waals surface area contributed by atoms with Gasteiger partial charge in [-0.25, -0.2) is 9.79 Å². The molecule has 1 saturated heterocycles. The summed E-state index contributed by atoms with van der Waals surface area (Å²) >= 11 is 1.39. The van der Waals surface area contributed by atoms with Gasteiger partial charge < -0.3 is 9.64 Å². The van der Waals surface area contributed by atoms with Gasteiger partial charge in [-0.05, 0) is 79.5 Å². The highest BCUT2D eigenvalue weighted by molar-refractivity contribution is 7.07. The molecule has 0 saturated carbocycles. The Kier molecular flexibility index (Phi) is 8.40. The first-order chi connectivity index (χ1) is 19.3. The molecule has 210 valence electrons. The molecule has 2 aliphatic heterocycles. The number of rotatable bonds is 8. The van der Waals surface area contributed by atoms with Gasteiger partial charge in [0.1, 0.15) is 0 Å². The summed E-state index contributed by atoms with van der Waals surface area (Å²) in [6.07, 6.45) is 5.91. The maximum absolute atomic E-state index is 14.1. The first-order valence-electron chi connectivity index (χ1n) is 14.5. The predicted octanol–water partition coefficient (Wildman–Crippen LogP) is 5.61. The van der Waals surface area contributed by atoms with Gasteiger partial charge in [0.05, 0.1) is 28.5 Å². The first-order valence-corrected chi connectivity index (χ1v) is 15.3. The fourth-order valence-electron chi connectivity index (χ4n) is 5.63. The maximum atomic E-state index is 14.1. The van der Waals surface area contributed by atoms with Gasteiger partial charge in [-0.15, -0.1) is 0 Å². The third-order valence-corrected chi connectivity index (χ3v) is 8.81. The minimum atomic E-state index is -0.584. The molecule has 1 aromatic heterocycles. The molecule has 0 N–H and O–H groups in total. The van der Waals surface area contributed by atoms with E-state index in [0.717, 1.165) is 36.2 Å². The van der Waals surface area contributed by atoms with Gasteiger partial charge in [0.15, 0.2) is 4.80 Å². The molecule has 3 heterocycles. The number of allylic oxidation sites excluding steroid dienone is 1. The Labute approximate surface area is 240 Å². The minimum Gasteiger partial charge on any atom is -0.463 e. The Bertz CT molecular complexity index is 1610. The second-order valence-corrected chi connectivity index (χ2v) is 12.0. The first kappa shape index (κ1) is 28.1. The number of hydrogen-bond acceptors (Lipinski definition) is 6. The fourth-order valence-corrected chi connectivity index (χ4v) is 6.65. The molecule has 1 fully saturated rings. The average Bonchev–Trinajstić information content (AvgIpc) is 3.58. The van der Waals surface area contributed by atoms with Gasteiger partial charge in [0.2, 0.25) is 0 Å². The number of aromatic nitrogens is 1. The Morgan fingerprint density at radius 3 is 2.48 bits per heavy atom. The van der Waals surface area contributed by atoms with Gasteiger partial charge in [0.25, 0.3) is 5.56 Å². The van der Waals surface area contributed by atoms with Crippen LogP contribution < -0.4 is 19.8 Å². The number of aryl methyl sites for hydroxylation is 1. The van der Waals surface area contributed by atoms with Crippen molar-refractivity contribution in [3.05, 3.63) is 95.7 Å². The van der Waals surface area contributed by atoms with Gasteiger partial charge in [0, 0.05) is 18.8 Å². The van der Waals surface area contributed by atoms with Gasteiger partial charge in [-0.1, -0.05) is 68.9 Å². The standard InChI is InChI=1S/C33H39N3O3S/c1-6-10-27-29(32(38)39-7-2)30(24-13-11-23(12-14-24)21(3)4)36-31(37)28(40-33(36)34-27)20-25-15-16-26(19-22(25)5)35-17-8-9-18-35/h11-16,19-21,30H,6-10,17-18H2,1-5H3/b28-20+/t30-/m0/s1. The lowest BCUT2D eigenvalue weighted by Crippen LogP contribution is -2.40. The lowest BCUT2D eigenvalue weighted by atomic mass is 9.92. The van der Waals surface area contributed by atoms with E-state index in [1.54, 1.807) is 11.5 Å². The summed E-state index contributed by atoms with van der Waals surface area (Å²) in [7, 11) is 0. The predicted molar refractivity (Wildman–Crippen MR) is 163 cm³/mol. The number of esters is 1. The van der Waals surface area contributed by atoms with E-state index in [0.29, 0.717) is 32.9 Å². The number of hydrogen-bond donors (Lipinski definition) is 0. The van der Waals surface area contributed by atoms with Crippen LogP contribution in [-0.2, 0) is 9.53 Å². The second kappa shape index (κ2) is 12.0. The molecular weight excluding hydrogens is 518 g/mol. The van der Waals surface area contributed by atoms with Crippen LogP contribution in [0, 0.1) is 6.92 Å². The van der Waals surface area contributed by atoms with Crippen LogP contribution in [0.25, 0.3) is 6.08 Å². The van der Waals surface area contributed by atoms with Crippen LogP contribution in [0.3, 0.4) is 0 Å². The number of fused-ring (bicyclic) bond motifs is 1. The fraction of sp³-hybridized carbons (Fsp3) is 0.424. The third kappa shape index (κ3) is 5.44. The molecule has 0 radical (unpaired) electrons. The summed E-state index contributed by atoms with van der Waals surface area (Å²) in [6, 6.07) is 14.1. The number of ether oxygens (including phenoxy) is 1. The van der Waals surface area contributed by atoms with Crippen molar-refractivity contribution >= 4 is 29.1 Å². The number of thiazole rings is 1. The van der Waals surface area contributed by atoms with Crippen LogP contribution >= 0.6 is 11.3 Å². The molecule has 0 bridgehead atoms. The van der Waals surface area contributed by atoms with Crippen LogP contribution in [0.2, 0.25) is 0 Å². The van der Waals surface area contributed by atoms with E-state index in [1.807, 2.05) is 18.2 Å². The largest absolute Gasteiger partial charge is 0.463 e. The number of nitrogens with zero attached hydrogens (tertiary/aromatic N) is 3. The molecule has 0 unspecified atom stereocenters. The highest BCUT2D eigenvalue weighted by atomic mass is 32.1. The van der Waals surface area contributed by atoms with Crippen molar-refractivity contribution in [3.63, 3.8) is 0 Å². The highest BCUT2D eigenvalue weighted by Crippen LogP contribution is 2.33. The molecule has 3 aromatic rings. The quantitative estimate of drug-likeness (QED) is 0.338. The van der Waals surface area contributed by atoms with E-state index in [1.165, 1.54) is 35.4 Å². The molecule has 2 aliphatic rings. The van der Waals surface area contributed by atoms with Crippen molar-refractivity contribution in [1.82, 2.24) is 4.57 Å². The van der Waals surface area contributed by atoms with Gasteiger partial charge in [-0.2, -0.15) is 0 Å². The van der Waals surface area contributed by atoms with Crippen molar-refractivity contribution in [2.45, 2.75) is 72.3 Å². The lowest BCUT2D eigenvalue weighted by molar-refractivity contribution is -0.139. The molecule has 5 rings (SSSR count). The molecule has 40 heavy (non-hydrogen) atoms. The smallest absolute Gasteiger partial charge is 0.338 e. The number of benzene rings is 2. The summed E-state index contributed by atoms with van der Waals surface area (Å²) in [5.41, 5.74) is 6.52. The summed E-state index contributed by atoms with van der Waals surface area (Å²) in [4.78, 5) is 35.4. The van der Waals surface area contributed by atoms with E-state index in [9.17, 15) is 9.59 Å². The van der Waals surface area contributed by atoms with E-state index in [-0.39, 0.29) is 12.2 Å². The molecule has 1 atom stereocenters. The number of anilines is 1. The molecule has 0 amide bonds. The van der Waals surface area contributed by atoms with Crippen LogP contribution in [0.1, 0.15) is 87.6 Å². The zero-order chi connectivity index (χ0) is 28.4. The van der Waals surface area contributed by atoms with Crippen molar-refractivity contribution in [2.24, 2.45) is 4.99 Å². The Morgan fingerprint density at radius 1 is 1.12 bits per heavy atom. The van der Waals surface area contributed by atoms with E-state index < -0.39 is 12.0 Å². The van der Waals surface area contributed by atoms with Crippen molar-refractivity contribution in [2.75, 3.05) is 24.6 Å². The van der Waals surface area contributed by atoms with Crippen molar-refractivity contribution in [3.8, 4) is 0 Å². The molecule has 0 aliphatic carbocycles. The topological polar surface area (TPSA) is 63.9 Å².